The van der Waals surface area contributed by atoms with E-state index in [1.165, 1.54) is 0 Å². The minimum absolute atomic E-state index is 0.124. The molecule has 7 nitrogen and oxygen atoms in total. The van der Waals surface area contributed by atoms with Gasteiger partial charge in [0.25, 0.3) is 0 Å². The molecule has 1 saturated carbocycles. The van der Waals surface area contributed by atoms with E-state index in [0.717, 1.165) is 18.1 Å². The lowest BCUT2D eigenvalue weighted by Gasteiger charge is -2.64. The Balaban J connectivity index is 1.59. The predicted molar refractivity (Wildman–Crippen MR) is 188 cm³/mol. The molecule has 3 aromatic carbocycles. The van der Waals surface area contributed by atoms with E-state index in [1.807, 2.05) is 93.6 Å². The third kappa shape index (κ3) is 4.61. The van der Waals surface area contributed by atoms with Crippen LogP contribution in [0.3, 0.4) is 0 Å². The molecule has 3 aliphatic carbocycles. The molecule has 3 aromatic rings. The Morgan fingerprint density at radius 2 is 1.37 bits per heavy atom. The van der Waals surface area contributed by atoms with E-state index in [9.17, 15) is 34.8 Å². The van der Waals surface area contributed by atoms with E-state index in [2.05, 4.69) is 0 Å². The molecule has 256 valence electrons. The molecule has 6 rings (SSSR count). The number of carbonyl (C=O) groups is 3. The topological polar surface area (TPSA) is 132 Å². The first-order chi connectivity index (χ1) is 23.0. The second-order valence-corrected chi connectivity index (χ2v) is 15.2. The van der Waals surface area contributed by atoms with Crippen molar-refractivity contribution in [3.63, 3.8) is 0 Å². The van der Waals surface area contributed by atoms with Gasteiger partial charge in [-0.1, -0.05) is 114 Å². The highest BCUT2D eigenvalue weighted by Crippen LogP contribution is 2.70. The fourth-order valence-corrected chi connectivity index (χ4v) is 9.79. The Morgan fingerprint density at radius 1 is 0.837 bits per heavy atom. The number of phenols is 1. The molecule has 1 unspecified atom stereocenters. The number of benzene rings is 3. The van der Waals surface area contributed by atoms with Gasteiger partial charge in [-0.05, 0) is 65.7 Å². The van der Waals surface area contributed by atoms with Crippen LogP contribution in [0, 0.1) is 28.6 Å². The minimum atomic E-state index is -2.67. The van der Waals surface area contributed by atoms with Crippen LogP contribution < -0.4 is 0 Å². The smallest absolute Gasteiger partial charge is 0.203 e. The molecule has 0 spiro atoms. The van der Waals surface area contributed by atoms with Crippen LogP contribution in [0.4, 0.5) is 0 Å². The Kier molecular flexibility index (Phi) is 8.30. The standard InChI is InChI=1S/C42H46O7/c1-22(2)33-36(45)31(24(4)43)38(47)42(49)39(48)34-37(46)32-29(23(3)40(34,6)25(5)41(33,42)7)18-19-30(35(32)44)28(20-26-14-10-8-11-15-26)21-27-16-12-9-13-17-27/h8-19,22-23,25,28,33,44,46-47,49H,20-21H2,1-7H3/t23-,25-,33?,40-,41-,42+/m1/s1. The number of phenolic OH excluding ortho intramolecular Hbond substituents is 1. The summed E-state index contributed by atoms with van der Waals surface area (Å²) in [6.45, 7) is 12.0. The quantitative estimate of drug-likeness (QED) is 0.192. The number of hydrogen-bond donors (Lipinski definition) is 4. The third-order valence-corrected chi connectivity index (χ3v) is 12.6. The zero-order valence-electron chi connectivity index (χ0n) is 29.2. The fraction of sp³-hybridized carbons (Fsp3) is 0.405. The zero-order valence-corrected chi connectivity index (χ0v) is 29.2. The number of rotatable bonds is 7. The average molecular weight is 663 g/mol. The van der Waals surface area contributed by atoms with Crippen LogP contribution in [0.5, 0.6) is 5.75 Å². The lowest BCUT2D eigenvalue weighted by Crippen LogP contribution is -2.72. The fourth-order valence-electron chi connectivity index (χ4n) is 9.79. The minimum Gasteiger partial charge on any atom is -0.508 e. The molecule has 0 aliphatic heterocycles. The van der Waals surface area contributed by atoms with Gasteiger partial charge in [0.15, 0.2) is 17.2 Å². The first kappa shape index (κ1) is 34.4. The van der Waals surface area contributed by atoms with Crippen LogP contribution in [-0.2, 0) is 27.2 Å². The second-order valence-electron chi connectivity index (χ2n) is 15.2. The molecule has 49 heavy (non-hydrogen) atoms. The van der Waals surface area contributed by atoms with Gasteiger partial charge in [-0.2, -0.15) is 0 Å². The van der Waals surface area contributed by atoms with E-state index in [0.29, 0.717) is 24.0 Å². The number of aliphatic hydroxyl groups is 3. The lowest BCUT2D eigenvalue weighted by atomic mass is 9.38. The molecule has 4 N–H and O–H groups in total. The Labute approximate surface area is 288 Å². The van der Waals surface area contributed by atoms with Gasteiger partial charge in [0.05, 0.1) is 5.56 Å². The van der Waals surface area contributed by atoms with Gasteiger partial charge < -0.3 is 20.4 Å². The van der Waals surface area contributed by atoms with E-state index in [-0.39, 0.29) is 22.8 Å². The SMILES string of the molecule is CC(=O)C1=C(O)[C@]2(O)C(=O)C3=C(O)c4c(ccc(C(Cc5ccccc5)Cc5ccccc5)c4O)[C@@H](C)[C@]3(C)[C@@H](C)[C@]2(C)C(C(C)C)C1=O. The highest BCUT2D eigenvalue weighted by molar-refractivity contribution is 6.24. The largest absolute Gasteiger partial charge is 0.508 e. The van der Waals surface area contributed by atoms with Crippen molar-refractivity contribution >= 4 is 23.1 Å². The molecule has 0 saturated heterocycles. The molecule has 0 aromatic heterocycles. The highest BCUT2D eigenvalue weighted by atomic mass is 16.3. The molecule has 0 bridgehead atoms. The first-order valence-electron chi connectivity index (χ1n) is 17.2. The van der Waals surface area contributed by atoms with E-state index in [1.54, 1.807) is 20.8 Å². The summed E-state index contributed by atoms with van der Waals surface area (Å²) < 4.78 is 0. The number of Topliss-reactive ketones (excluding diaryl/α,β-unsaturated/α-hetero) is 3. The summed E-state index contributed by atoms with van der Waals surface area (Å²) in [7, 11) is 0. The molecular weight excluding hydrogens is 616 g/mol. The van der Waals surface area contributed by atoms with Gasteiger partial charge in [0, 0.05) is 22.3 Å². The van der Waals surface area contributed by atoms with Crippen LogP contribution in [0.2, 0.25) is 0 Å². The molecule has 0 radical (unpaired) electrons. The van der Waals surface area contributed by atoms with Gasteiger partial charge >= 0.3 is 0 Å². The molecule has 7 heteroatoms. The van der Waals surface area contributed by atoms with E-state index in [4.69, 9.17) is 0 Å². The summed E-state index contributed by atoms with van der Waals surface area (Å²) >= 11 is 0. The van der Waals surface area contributed by atoms with Gasteiger partial charge in [-0.3, -0.25) is 14.4 Å². The lowest BCUT2D eigenvalue weighted by molar-refractivity contribution is -0.195. The number of allylic oxidation sites excluding steroid dienone is 1. The number of ketones is 3. The molecular formula is C42H46O7. The molecule has 1 fully saturated rings. The van der Waals surface area contributed by atoms with Crippen LogP contribution in [0.15, 0.2) is 89.7 Å². The van der Waals surface area contributed by atoms with Gasteiger partial charge in [-0.25, -0.2) is 0 Å². The van der Waals surface area contributed by atoms with Crippen molar-refractivity contribution in [3.05, 3.63) is 118 Å². The normalized spacial score (nSPS) is 29.6. The number of fused-ring (bicyclic) bond motifs is 3. The van der Waals surface area contributed by atoms with Gasteiger partial charge in [0.1, 0.15) is 22.8 Å². The van der Waals surface area contributed by atoms with Crippen molar-refractivity contribution in [2.75, 3.05) is 0 Å². The number of aliphatic hydroxyl groups excluding tert-OH is 2. The molecule has 0 heterocycles. The summed E-state index contributed by atoms with van der Waals surface area (Å²) in [6.07, 6.45) is 1.22. The summed E-state index contributed by atoms with van der Waals surface area (Å²) in [5.74, 6) is -6.57. The van der Waals surface area contributed by atoms with Crippen LogP contribution in [-0.4, -0.2) is 43.4 Å². The predicted octanol–water partition coefficient (Wildman–Crippen LogP) is 7.57. The van der Waals surface area contributed by atoms with Crippen LogP contribution >= 0.6 is 0 Å². The highest BCUT2D eigenvalue weighted by Gasteiger charge is 2.75. The maximum absolute atomic E-state index is 14.9. The number of aromatic hydroxyl groups is 1. The van der Waals surface area contributed by atoms with Crippen molar-refractivity contribution in [1.82, 2.24) is 0 Å². The first-order valence-corrected chi connectivity index (χ1v) is 17.2. The molecule has 0 amide bonds. The van der Waals surface area contributed by atoms with Crippen molar-refractivity contribution < 1.29 is 34.8 Å². The zero-order chi connectivity index (χ0) is 35.8. The Morgan fingerprint density at radius 3 is 1.86 bits per heavy atom. The Hall–Kier alpha value is -4.49. The summed E-state index contributed by atoms with van der Waals surface area (Å²) in [5, 5.41) is 48.5. The van der Waals surface area contributed by atoms with Crippen molar-refractivity contribution in [2.24, 2.45) is 28.6 Å². The third-order valence-electron chi connectivity index (χ3n) is 12.6. The summed E-state index contributed by atoms with van der Waals surface area (Å²) in [5.41, 5.74) is -2.51. The summed E-state index contributed by atoms with van der Waals surface area (Å²) in [4.78, 5) is 41.6. The Bertz CT molecular complexity index is 1880. The summed E-state index contributed by atoms with van der Waals surface area (Å²) in [6, 6.07) is 23.8. The van der Waals surface area contributed by atoms with Crippen molar-refractivity contribution in [2.45, 2.75) is 78.7 Å². The van der Waals surface area contributed by atoms with E-state index >= 15 is 0 Å². The van der Waals surface area contributed by atoms with Gasteiger partial charge in [-0.15, -0.1) is 0 Å². The second kappa shape index (κ2) is 11.8. The number of hydrogen-bond acceptors (Lipinski definition) is 7. The average Bonchev–Trinajstić information content (AvgIpc) is 3.05. The van der Waals surface area contributed by atoms with E-state index < -0.39 is 74.5 Å². The maximum Gasteiger partial charge on any atom is 0.203 e. The van der Waals surface area contributed by atoms with Crippen molar-refractivity contribution in [1.29, 1.82) is 0 Å². The van der Waals surface area contributed by atoms with Gasteiger partial charge in [0.2, 0.25) is 5.78 Å². The van der Waals surface area contributed by atoms with Crippen LogP contribution in [0.1, 0.15) is 88.1 Å². The molecule has 3 aliphatic rings. The van der Waals surface area contributed by atoms with Crippen LogP contribution in [0.25, 0.3) is 5.76 Å². The maximum atomic E-state index is 14.9. The van der Waals surface area contributed by atoms with Crippen molar-refractivity contribution in [3.8, 4) is 5.75 Å². The molecule has 6 atom stereocenters. The number of carbonyl (C=O) groups excluding carboxylic acids is 3. The monoisotopic (exact) mass is 662 g/mol.